The number of carbonyl (C=O) groups excluding carboxylic acids is 1. The van der Waals surface area contributed by atoms with Crippen molar-refractivity contribution in [1.82, 2.24) is 24.7 Å². The number of anilines is 1. The van der Waals surface area contributed by atoms with E-state index >= 15 is 0 Å². The number of ether oxygens (including phenoxy) is 2. The third kappa shape index (κ3) is 5.88. The topological polar surface area (TPSA) is 154 Å². The Morgan fingerprint density at radius 2 is 2.11 bits per heavy atom. The van der Waals surface area contributed by atoms with Gasteiger partial charge in [0.15, 0.2) is 13.6 Å². The minimum atomic E-state index is -2.37. The van der Waals surface area contributed by atoms with Gasteiger partial charge in [0.05, 0.1) is 17.9 Å². The summed E-state index contributed by atoms with van der Waals surface area (Å²) in [5.74, 6) is -0.470. The lowest BCUT2D eigenvalue weighted by molar-refractivity contribution is -0.148. The highest BCUT2D eigenvalue weighted by atomic mass is 31.1. The van der Waals surface area contributed by atoms with Gasteiger partial charge in [0.25, 0.3) is 0 Å². The second-order valence-electron chi connectivity index (χ2n) is 7.33. The fraction of sp³-hybridized carbons (Fsp3) is 0.625. The van der Waals surface area contributed by atoms with Crippen LogP contribution in [-0.4, -0.2) is 49.6 Å². The third-order valence-electron chi connectivity index (χ3n) is 3.76. The number of hydrogen-bond acceptors (Lipinski definition) is 8. The number of nitrogens with one attached hydrogen (secondary N) is 2. The molecule has 2 atom stereocenters. The van der Waals surface area contributed by atoms with Crippen LogP contribution in [0.5, 0.6) is 0 Å². The second kappa shape index (κ2) is 8.85. The first-order valence-corrected chi connectivity index (χ1v) is 10.5. The first-order valence-electron chi connectivity index (χ1n) is 8.85. The van der Waals surface area contributed by atoms with E-state index in [1.54, 1.807) is 20.8 Å². The Bertz CT molecular complexity index is 922. The largest absolute Gasteiger partial charge is 0.462 e. The molecular weight excluding hydrogens is 387 g/mol. The van der Waals surface area contributed by atoms with E-state index in [1.807, 2.05) is 13.8 Å². The van der Waals surface area contributed by atoms with Crippen molar-refractivity contribution in [3.05, 3.63) is 22.2 Å². The van der Waals surface area contributed by atoms with Crippen molar-refractivity contribution >= 4 is 25.5 Å². The van der Waals surface area contributed by atoms with Crippen molar-refractivity contribution in [3.8, 4) is 0 Å². The van der Waals surface area contributed by atoms with E-state index in [9.17, 15) is 14.2 Å². The Hall–Kier alpha value is -2.23. The zero-order chi connectivity index (χ0) is 21.1. The Labute approximate surface area is 162 Å². The summed E-state index contributed by atoms with van der Waals surface area (Å²) in [4.78, 5) is 30.1. The number of rotatable bonds is 9. The van der Waals surface area contributed by atoms with Gasteiger partial charge in [-0.3, -0.25) is 14.9 Å². The minimum absolute atomic E-state index is 0.00509. The molecule has 2 rings (SSSR count). The van der Waals surface area contributed by atoms with Crippen LogP contribution >= 0.6 is 7.95 Å². The van der Waals surface area contributed by atoms with Crippen molar-refractivity contribution in [3.63, 3.8) is 0 Å². The first kappa shape index (κ1) is 22.1. The average molecular weight is 414 g/mol. The number of nitrogen functional groups attached to an aromatic ring is 1. The van der Waals surface area contributed by atoms with Crippen LogP contribution in [0.15, 0.2) is 11.0 Å². The Balaban J connectivity index is 1.96. The van der Waals surface area contributed by atoms with Gasteiger partial charge in [-0.2, -0.15) is 14.6 Å². The van der Waals surface area contributed by atoms with Crippen LogP contribution in [0.3, 0.4) is 0 Å². The van der Waals surface area contributed by atoms with Gasteiger partial charge >= 0.3 is 11.7 Å². The zero-order valence-electron chi connectivity index (χ0n) is 16.6. The minimum Gasteiger partial charge on any atom is -0.462 e. The van der Waals surface area contributed by atoms with E-state index in [-0.39, 0.29) is 18.4 Å². The molecule has 0 amide bonds. The van der Waals surface area contributed by atoms with Crippen LogP contribution in [0.4, 0.5) is 5.95 Å². The molecule has 0 saturated heterocycles. The summed E-state index contributed by atoms with van der Waals surface area (Å²) in [6, 6.07) is -0.695. The van der Waals surface area contributed by atoms with E-state index in [0.717, 1.165) is 4.52 Å². The number of fused-ring (bicyclic) bond motifs is 1. The fourth-order valence-corrected chi connectivity index (χ4v) is 3.73. The van der Waals surface area contributed by atoms with E-state index in [1.165, 1.54) is 6.20 Å². The van der Waals surface area contributed by atoms with Crippen molar-refractivity contribution in [2.45, 2.75) is 58.8 Å². The molecule has 0 fully saturated rings. The lowest BCUT2D eigenvalue weighted by Gasteiger charge is -2.25. The number of nitrogens with zero attached hydrogens (tertiary/aromatic N) is 3. The number of nitrogens with two attached hydrogens (primary N) is 1. The van der Waals surface area contributed by atoms with Gasteiger partial charge in [0.2, 0.25) is 5.95 Å². The van der Waals surface area contributed by atoms with Gasteiger partial charge in [-0.15, -0.1) is 0 Å². The molecule has 0 spiro atoms. The highest BCUT2D eigenvalue weighted by molar-refractivity contribution is 7.42. The van der Waals surface area contributed by atoms with Crippen molar-refractivity contribution in [1.29, 1.82) is 0 Å². The lowest BCUT2D eigenvalue weighted by Crippen LogP contribution is -2.34. The molecule has 0 aliphatic carbocycles. The summed E-state index contributed by atoms with van der Waals surface area (Å²) in [6.07, 6.45) is 1.58. The molecule has 2 aromatic rings. The maximum absolute atomic E-state index is 12.2. The summed E-state index contributed by atoms with van der Waals surface area (Å²) in [7, 11) is -2.37. The van der Waals surface area contributed by atoms with Crippen LogP contribution < -0.4 is 16.5 Å². The molecule has 0 aliphatic rings. The molecule has 156 valence electrons. The monoisotopic (exact) mass is 414 g/mol. The molecule has 1 unspecified atom stereocenters. The van der Waals surface area contributed by atoms with Crippen LogP contribution in [-0.2, 0) is 25.3 Å². The van der Waals surface area contributed by atoms with Crippen LogP contribution in [0.25, 0.3) is 5.65 Å². The van der Waals surface area contributed by atoms with Gasteiger partial charge in [0, 0.05) is 12.0 Å². The molecule has 12 heteroatoms. The van der Waals surface area contributed by atoms with E-state index in [0.29, 0.717) is 17.6 Å². The maximum atomic E-state index is 12.2. The van der Waals surface area contributed by atoms with Crippen LogP contribution in [0.1, 0.15) is 40.2 Å². The number of aromatic nitrogens is 4. The van der Waals surface area contributed by atoms with E-state index < -0.39 is 31.3 Å². The summed E-state index contributed by atoms with van der Waals surface area (Å²) < 4.78 is 24.2. The Morgan fingerprint density at radius 3 is 2.75 bits per heavy atom. The third-order valence-corrected chi connectivity index (χ3v) is 4.93. The summed E-state index contributed by atoms with van der Waals surface area (Å²) >= 11 is 0. The molecule has 0 aromatic carbocycles. The molecular formula is C16H27N6O5P. The van der Waals surface area contributed by atoms with Gasteiger partial charge in [-0.05, 0) is 34.6 Å². The van der Waals surface area contributed by atoms with Gasteiger partial charge in [-0.1, -0.05) is 0 Å². The van der Waals surface area contributed by atoms with Gasteiger partial charge in [0.1, 0.15) is 12.4 Å². The first-order chi connectivity index (χ1) is 13.0. The van der Waals surface area contributed by atoms with E-state index in [2.05, 4.69) is 20.2 Å². The quantitative estimate of drug-likeness (QED) is 0.397. The predicted octanol–water partition coefficient (Wildman–Crippen LogP) is 0.699. The normalized spacial score (nSPS) is 14.4. The molecule has 2 heterocycles. The Morgan fingerprint density at radius 1 is 1.43 bits per heavy atom. The van der Waals surface area contributed by atoms with Crippen molar-refractivity contribution < 1.29 is 18.8 Å². The van der Waals surface area contributed by atoms with Crippen LogP contribution in [0, 0.1) is 0 Å². The smallest absolute Gasteiger partial charge is 0.350 e. The summed E-state index contributed by atoms with van der Waals surface area (Å²) in [6.45, 7) is 8.72. The number of H-pyrrole nitrogens is 1. The Kier molecular flexibility index (Phi) is 6.97. The predicted molar refractivity (Wildman–Crippen MR) is 105 cm³/mol. The second-order valence-corrected chi connectivity index (χ2v) is 8.76. The highest BCUT2D eigenvalue weighted by Gasteiger charge is 2.24. The zero-order valence-corrected chi connectivity index (χ0v) is 17.6. The molecule has 4 N–H and O–H groups in total. The molecule has 11 nitrogen and oxygen atoms in total. The van der Waals surface area contributed by atoms with Gasteiger partial charge in [-0.25, -0.2) is 4.79 Å². The lowest BCUT2D eigenvalue weighted by atomic mass is 10.0. The summed E-state index contributed by atoms with van der Waals surface area (Å²) in [5, 5.41) is 6.72. The molecule has 0 bridgehead atoms. The van der Waals surface area contributed by atoms with E-state index in [4.69, 9.17) is 15.2 Å². The average Bonchev–Trinajstić information content (AvgIpc) is 2.95. The van der Waals surface area contributed by atoms with Crippen LogP contribution in [0.2, 0.25) is 0 Å². The van der Waals surface area contributed by atoms with Crippen molar-refractivity contribution in [2.24, 2.45) is 0 Å². The fourth-order valence-electron chi connectivity index (χ4n) is 2.52. The molecule has 2 aromatic heterocycles. The molecule has 28 heavy (non-hydrogen) atoms. The molecule has 0 saturated carbocycles. The SMILES string of the molecule is CC(C)OC(=O)[C@H](C)N[PH](=O)COC(C)(C)Cc1cnn2c(=O)[nH]c(N)nc12. The number of aromatic amines is 1. The van der Waals surface area contributed by atoms with Gasteiger partial charge < -0.3 is 19.8 Å². The van der Waals surface area contributed by atoms with Crippen molar-refractivity contribution in [2.75, 3.05) is 12.1 Å². The number of carbonyl (C=O) groups is 1. The maximum Gasteiger partial charge on any atom is 0.350 e. The number of hydrogen-bond donors (Lipinski definition) is 3. The summed E-state index contributed by atoms with van der Waals surface area (Å²) in [5.41, 5.74) is 5.41. The standard InChI is InChI=1S/C16H27N6O5P/c1-9(2)27-13(23)10(3)21-28(25)8-26-16(4,5)6-11-7-18-22-12(11)19-14(17)20-15(22)24/h7,9-10,28H,6,8H2,1-5H3,(H,21,25)(H3,17,19,20,24)/t10-/m0/s1. The highest BCUT2D eigenvalue weighted by Crippen LogP contribution is 2.24. The molecule has 0 radical (unpaired) electrons. The number of esters is 1. The molecule has 0 aliphatic heterocycles.